The molecule has 1 aliphatic heterocycles. The van der Waals surface area contributed by atoms with Crippen molar-refractivity contribution in [2.45, 2.75) is 58.4 Å². The summed E-state index contributed by atoms with van der Waals surface area (Å²) >= 11 is 0. The van der Waals surface area contributed by atoms with E-state index in [1.807, 2.05) is 0 Å². The molecule has 1 aliphatic carbocycles. The SMILES string of the molecule is Cc1cccc(C(C)C)c1NC(=O)CN1CCN(C2CCCC2)CC1. The summed E-state index contributed by atoms with van der Waals surface area (Å²) in [5.74, 6) is 0.524. The van der Waals surface area contributed by atoms with Crippen LogP contribution in [0.25, 0.3) is 0 Å². The van der Waals surface area contributed by atoms with Crippen LogP contribution in [-0.4, -0.2) is 54.5 Å². The first-order chi connectivity index (χ1) is 12.0. The molecule has 0 bridgehead atoms. The maximum atomic E-state index is 12.6. The quantitative estimate of drug-likeness (QED) is 0.887. The average molecular weight is 344 g/mol. The van der Waals surface area contributed by atoms with Gasteiger partial charge in [-0.3, -0.25) is 14.6 Å². The minimum absolute atomic E-state index is 0.116. The minimum Gasteiger partial charge on any atom is -0.324 e. The highest BCUT2D eigenvalue weighted by Crippen LogP contribution is 2.27. The number of anilines is 1. The highest BCUT2D eigenvalue weighted by molar-refractivity contribution is 5.93. The Labute approximate surface area is 152 Å². The van der Waals surface area contributed by atoms with Gasteiger partial charge in [0, 0.05) is 37.9 Å². The Morgan fingerprint density at radius 2 is 1.84 bits per heavy atom. The van der Waals surface area contributed by atoms with E-state index in [0.717, 1.165) is 43.5 Å². The zero-order chi connectivity index (χ0) is 17.8. The van der Waals surface area contributed by atoms with E-state index in [4.69, 9.17) is 0 Å². The summed E-state index contributed by atoms with van der Waals surface area (Å²) in [5, 5.41) is 3.18. The van der Waals surface area contributed by atoms with Crippen molar-refractivity contribution < 1.29 is 4.79 Å². The van der Waals surface area contributed by atoms with Gasteiger partial charge < -0.3 is 5.32 Å². The van der Waals surface area contributed by atoms with Crippen LogP contribution in [0.5, 0.6) is 0 Å². The van der Waals surface area contributed by atoms with E-state index in [1.54, 1.807) is 0 Å². The molecule has 0 aromatic heterocycles. The summed E-state index contributed by atoms with van der Waals surface area (Å²) in [4.78, 5) is 17.5. The molecule has 1 aromatic rings. The molecule has 3 rings (SSSR count). The van der Waals surface area contributed by atoms with Gasteiger partial charge in [0.15, 0.2) is 0 Å². The van der Waals surface area contributed by atoms with Crippen molar-refractivity contribution in [3.63, 3.8) is 0 Å². The Balaban J connectivity index is 1.52. The predicted octanol–water partition coefficient (Wildman–Crippen LogP) is 3.62. The van der Waals surface area contributed by atoms with Crippen molar-refractivity contribution in [1.82, 2.24) is 9.80 Å². The van der Waals surface area contributed by atoms with Crippen molar-refractivity contribution in [3.05, 3.63) is 29.3 Å². The fourth-order valence-corrected chi connectivity index (χ4v) is 4.28. The van der Waals surface area contributed by atoms with Gasteiger partial charge >= 0.3 is 0 Å². The van der Waals surface area contributed by atoms with Crippen LogP contribution in [0.15, 0.2) is 18.2 Å². The Morgan fingerprint density at radius 3 is 2.48 bits per heavy atom. The Bertz CT molecular complexity index is 585. The highest BCUT2D eigenvalue weighted by Gasteiger charge is 2.26. The van der Waals surface area contributed by atoms with E-state index in [9.17, 15) is 4.79 Å². The number of aryl methyl sites for hydroxylation is 1. The van der Waals surface area contributed by atoms with E-state index in [2.05, 4.69) is 54.1 Å². The molecule has 1 saturated heterocycles. The monoisotopic (exact) mass is 343 g/mol. The van der Waals surface area contributed by atoms with E-state index < -0.39 is 0 Å². The first kappa shape index (κ1) is 18.4. The maximum absolute atomic E-state index is 12.6. The van der Waals surface area contributed by atoms with Gasteiger partial charge in [0.05, 0.1) is 6.54 Å². The molecule has 1 aromatic carbocycles. The molecule has 4 nitrogen and oxygen atoms in total. The number of hydrogen-bond donors (Lipinski definition) is 1. The summed E-state index contributed by atoms with van der Waals surface area (Å²) < 4.78 is 0. The summed E-state index contributed by atoms with van der Waals surface area (Å²) in [7, 11) is 0. The Hall–Kier alpha value is -1.39. The molecule has 0 unspecified atom stereocenters. The van der Waals surface area contributed by atoms with E-state index >= 15 is 0 Å². The van der Waals surface area contributed by atoms with Crippen LogP contribution in [-0.2, 0) is 4.79 Å². The minimum atomic E-state index is 0.116. The van der Waals surface area contributed by atoms with Crippen LogP contribution in [0.2, 0.25) is 0 Å². The van der Waals surface area contributed by atoms with E-state index in [0.29, 0.717) is 12.5 Å². The second-order valence-electron chi connectivity index (χ2n) is 7.99. The number of rotatable bonds is 5. The summed E-state index contributed by atoms with van der Waals surface area (Å²) in [5.41, 5.74) is 3.37. The van der Waals surface area contributed by atoms with Crippen molar-refractivity contribution in [2.24, 2.45) is 0 Å². The smallest absolute Gasteiger partial charge is 0.238 e. The number of para-hydroxylation sites is 1. The summed E-state index contributed by atoms with van der Waals surface area (Å²) in [6, 6.07) is 7.06. The molecular formula is C21H33N3O. The molecular weight excluding hydrogens is 310 g/mol. The van der Waals surface area contributed by atoms with Crippen LogP contribution in [0, 0.1) is 6.92 Å². The molecule has 138 valence electrons. The van der Waals surface area contributed by atoms with Crippen LogP contribution in [0.1, 0.15) is 56.6 Å². The van der Waals surface area contributed by atoms with Crippen molar-refractivity contribution >= 4 is 11.6 Å². The molecule has 1 amide bonds. The summed E-state index contributed by atoms with van der Waals surface area (Å²) in [6.07, 6.45) is 5.52. The Morgan fingerprint density at radius 1 is 1.16 bits per heavy atom. The number of nitrogens with zero attached hydrogens (tertiary/aromatic N) is 2. The van der Waals surface area contributed by atoms with Gasteiger partial charge in [-0.2, -0.15) is 0 Å². The topological polar surface area (TPSA) is 35.6 Å². The van der Waals surface area contributed by atoms with Crippen LogP contribution < -0.4 is 5.32 Å². The first-order valence-corrected chi connectivity index (χ1v) is 9.90. The van der Waals surface area contributed by atoms with Crippen molar-refractivity contribution in [1.29, 1.82) is 0 Å². The summed E-state index contributed by atoms with van der Waals surface area (Å²) in [6.45, 7) is 11.2. The van der Waals surface area contributed by atoms with Gasteiger partial charge in [-0.05, 0) is 36.8 Å². The third kappa shape index (κ3) is 4.62. The molecule has 2 aliphatic rings. The fraction of sp³-hybridized carbons (Fsp3) is 0.667. The van der Waals surface area contributed by atoms with Gasteiger partial charge in [-0.25, -0.2) is 0 Å². The zero-order valence-corrected chi connectivity index (χ0v) is 16.1. The molecule has 2 fully saturated rings. The lowest BCUT2D eigenvalue weighted by Crippen LogP contribution is -2.51. The number of benzene rings is 1. The van der Waals surface area contributed by atoms with Gasteiger partial charge in [-0.15, -0.1) is 0 Å². The molecule has 25 heavy (non-hydrogen) atoms. The molecule has 1 saturated carbocycles. The lowest BCUT2D eigenvalue weighted by Gasteiger charge is -2.37. The van der Waals surface area contributed by atoms with Crippen LogP contribution in [0.3, 0.4) is 0 Å². The largest absolute Gasteiger partial charge is 0.324 e. The molecule has 1 heterocycles. The lowest BCUT2D eigenvalue weighted by molar-refractivity contribution is -0.117. The number of nitrogens with one attached hydrogen (secondary N) is 1. The van der Waals surface area contributed by atoms with E-state index in [-0.39, 0.29) is 5.91 Å². The second kappa shape index (κ2) is 8.33. The average Bonchev–Trinajstić information content (AvgIpc) is 3.11. The number of carbonyl (C=O) groups excluding carboxylic acids is 1. The van der Waals surface area contributed by atoms with Crippen LogP contribution in [0.4, 0.5) is 5.69 Å². The second-order valence-corrected chi connectivity index (χ2v) is 7.99. The van der Waals surface area contributed by atoms with Crippen molar-refractivity contribution in [2.75, 3.05) is 38.0 Å². The van der Waals surface area contributed by atoms with Gasteiger partial charge in [-0.1, -0.05) is 44.9 Å². The number of hydrogen-bond acceptors (Lipinski definition) is 3. The predicted molar refractivity (Wildman–Crippen MR) is 104 cm³/mol. The fourth-order valence-electron chi connectivity index (χ4n) is 4.28. The van der Waals surface area contributed by atoms with Gasteiger partial charge in [0.2, 0.25) is 5.91 Å². The number of carbonyl (C=O) groups is 1. The third-order valence-electron chi connectivity index (χ3n) is 5.81. The molecule has 0 spiro atoms. The normalized spacial score (nSPS) is 20.3. The molecule has 4 heteroatoms. The number of piperazine rings is 1. The third-order valence-corrected chi connectivity index (χ3v) is 5.81. The first-order valence-electron chi connectivity index (χ1n) is 9.90. The standard InChI is InChI=1S/C21H33N3O/c1-16(2)19-10-6-7-17(3)21(19)22-20(25)15-23-11-13-24(14-12-23)18-8-4-5-9-18/h6-7,10,16,18H,4-5,8-9,11-15H2,1-3H3,(H,22,25). The van der Waals surface area contributed by atoms with Gasteiger partial charge in [0.25, 0.3) is 0 Å². The van der Waals surface area contributed by atoms with Gasteiger partial charge in [0.1, 0.15) is 0 Å². The highest BCUT2D eigenvalue weighted by atomic mass is 16.2. The zero-order valence-electron chi connectivity index (χ0n) is 16.1. The maximum Gasteiger partial charge on any atom is 0.238 e. The molecule has 0 radical (unpaired) electrons. The van der Waals surface area contributed by atoms with Crippen molar-refractivity contribution in [3.8, 4) is 0 Å². The molecule has 0 atom stereocenters. The Kier molecular flexibility index (Phi) is 6.13. The number of amides is 1. The molecule has 1 N–H and O–H groups in total. The lowest BCUT2D eigenvalue weighted by atomic mass is 9.98. The van der Waals surface area contributed by atoms with Crippen LogP contribution >= 0.6 is 0 Å². The van der Waals surface area contributed by atoms with E-state index in [1.165, 1.54) is 31.2 Å².